The summed E-state index contributed by atoms with van der Waals surface area (Å²) in [5.74, 6) is 0.714. The van der Waals surface area contributed by atoms with Crippen molar-refractivity contribution in [3.8, 4) is 5.69 Å². The second-order valence-electron chi connectivity index (χ2n) is 7.60. The van der Waals surface area contributed by atoms with Crippen molar-refractivity contribution in [2.45, 2.75) is 45.6 Å². The van der Waals surface area contributed by atoms with Crippen LogP contribution >= 0.6 is 11.8 Å². The molecule has 1 N–H and O–H groups in total. The van der Waals surface area contributed by atoms with Crippen molar-refractivity contribution in [1.82, 2.24) is 9.99 Å². The number of aryl methyl sites for hydroxylation is 3. The van der Waals surface area contributed by atoms with Gasteiger partial charge < -0.3 is 4.57 Å². The van der Waals surface area contributed by atoms with Gasteiger partial charge in [0.2, 0.25) is 0 Å². The predicted octanol–water partition coefficient (Wildman–Crippen LogP) is 5.48. The van der Waals surface area contributed by atoms with Crippen LogP contribution in [0.2, 0.25) is 0 Å². The third-order valence-corrected chi connectivity index (χ3v) is 6.52. The van der Waals surface area contributed by atoms with Crippen molar-refractivity contribution in [2.75, 3.05) is 0 Å². The Morgan fingerprint density at radius 1 is 1.07 bits per heavy atom. The number of rotatable bonds is 7. The molecule has 156 valence electrons. The van der Waals surface area contributed by atoms with E-state index in [9.17, 15) is 4.79 Å². The average Bonchev–Trinajstić information content (AvgIpc) is 3.02. The molecule has 30 heavy (non-hydrogen) atoms. The van der Waals surface area contributed by atoms with Gasteiger partial charge in [-0.15, -0.1) is 11.8 Å². The molecule has 4 nitrogen and oxygen atoms in total. The van der Waals surface area contributed by atoms with Gasteiger partial charge in [-0.05, 0) is 69.5 Å². The molecular formula is C25H29N3OS. The van der Waals surface area contributed by atoms with Gasteiger partial charge in [-0.1, -0.05) is 36.4 Å². The molecule has 0 spiro atoms. The molecule has 2 aromatic carbocycles. The lowest BCUT2D eigenvalue weighted by molar-refractivity contribution is -0.120. The molecule has 0 aliphatic carbocycles. The molecule has 3 rings (SSSR count). The maximum atomic E-state index is 12.4. The summed E-state index contributed by atoms with van der Waals surface area (Å²) in [6, 6.07) is 18.7. The summed E-state index contributed by atoms with van der Waals surface area (Å²) in [4.78, 5) is 12.4. The maximum absolute atomic E-state index is 12.4. The first-order chi connectivity index (χ1) is 14.4. The number of hydrogen-bond donors (Lipinski definition) is 1. The standard InChI is InChI=1S/C25H29N3OS/c1-17-11-12-24(13-18(17)2)28-19(3)14-23(20(28)4)15-26-27-25(29)21(5)30-16-22-9-7-6-8-10-22/h6-15,21H,16H2,1-5H3,(H,27,29)/b26-15+. The lowest BCUT2D eigenvalue weighted by Gasteiger charge is -2.11. The topological polar surface area (TPSA) is 46.4 Å². The van der Waals surface area contributed by atoms with E-state index in [2.05, 4.69) is 79.2 Å². The van der Waals surface area contributed by atoms with E-state index in [-0.39, 0.29) is 11.2 Å². The van der Waals surface area contributed by atoms with Gasteiger partial charge in [0, 0.05) is 28.4 Å². The number of carbonyl (C=O) groups excluding carboxylic acids is 1. The van der Waals surface area contributed by atoms with Gasteiger partial charge in [0.25, 0.3) is 5.91 Å². The van der Waals surface area contributed by atoms with Gasteiger partial charge in [-0.3, -0.25) is 4.79 Å². The van der Waals surface area contributed by atoms with E-state index in [1.54, 1.807) is 18.0 Å². The molecule has 1 heterocycles. The van der Waals surface area contributed by atoms with Gasteiger partial charge in [0.05, 0.1) is 11.5 Å². The first-order valence-electron chi connectivity index (χ1n) is 10.1. The second kappa shape index (κ2) is 9.81. The summed E-state index contributed by atoms with van der Waals surface area (Å²) in [6.07, 6.45) is 1.73. The largest absolute Gasteiger partial charge is 0.318 e. The summed E-state index contributed by atoms with van der Waals surface area (Å²) in [5.41, 5.74) is 10.8. The van der Waals surface area contributed by atoms with Gasteiger partial charge in [0.1, 0.15) is 0 Å². The first kappa shape index (κ1) is 21.9. The third kappa shape index (κ3) is 5.22. The Bertz CT molecular complexity index is 1050. The molecule has 3 aromatic rings. The van der Waals surface area contributed by atoms with E-state index in [0.29, 0.717) is 0 Å². The molecule has 0 radical (unpaired) electrons. The van der Waals surface area contributed by atoms with Crippen molar-refractivity contribution >= 4 is 23.9 Å². The molecule has 1 atom stereocenters. The summed E-state index contributed by atoms with van der Waals surface area (Å²) >= 11 is 1.60. The first-order valence-corrected chi connectivity index (χ1v) is 11.2. The van der Waals surface area contributed by atoms with Crippen molar-refractivity contribution in [1.29, 1.82) is 0 Å². The summed E-state index contributed by atoms with van der Waals surface area (Å²) < 4.78 is 2.22. The minimum atomic E-state index is -0.176. The Labute approximate surface area is 183 Å². The van der Waals surface area contributed by atoms with Crippen molar-refractivity contribution in [2.24, 2.45) is 5.10 Å². The van der Waals surface area contributed by atoms with Crippen LogP contribution in [-0.2, 0) is 10.5 Å². The van der Waals surface area contributed by atoms with Crippen LogP contribution in [-0.4, -0.2) is 21.9 Å². The van der Waals surface area contributed by atoms with Crippen molar-refractivity contribution in [3.05, 3.63) is 88.2 Å². The Morgan fingerprint density at radius 3 is 2.50 bits per heavy atom. The lowest BCUT2D eigenvalue weighted by atomic mass is 10.1. The Kier molecular flexibility index (Phi) is 7.16. The van der Waals surface area contributed by atoms with Crippen LogP contribution in [0.5, 0.6) is 0 Å². The van der Waals surface area contributed by atoms with Gasteiger partial charge in [0.15, 0.2) is 0 Å². The summed E-state index contributed by atoms with van der Waals surface area (Å²) in [6.45, 7) is 10.3. The maximum Gasteiger partial charge on any atom is 0.252 e. The molecular weight excluding hydrogens is 390 g/mol. The number of aromatic nitrogens is 1. The van der Waals surface area contributed by atoms with Crippen LogP contribution < -0.4 is 5.43 Å². The smallest absolute Gasteiger partial charge is 0.252 e. The lowest BCUT2D eigenvalue weighted by Crippen LogP contribution is -2.27. The Balaban J connectivity index is 1.63. The molecule has 0 bridgehead atoms. The van der Waals surface area contributed by atoms with Gasteiger partial charge >= 0.3 is 0 Å². The van der Waals surface area contributed by atoms with E-state index in [1.807, 2.05) is 25.1 Å². The number of amides is 1. The number of carbonyl (C=O) groups is 1. The average molecular weight is 420 g/mol. The van der Waals surface area contributed by atoms with Gasteiger partial charge in [-0.25, -0.2) is 5.43 Å². The van der Waals surface area contributed by atoms with E-state index >= 15 is 0 Å². The summed E-state index contributed by atoms with van der Waals surface area (Å²) in [7, 11) is 0. The van der Waals surface area contributed by atoms with Crippen LogP contribution in [0, 0.1) is 27.7 Å². The zero-order valence-corrected chi connectivity index (χ0v) is 19.1. The van der Waals surface area contributed by atoms with Crippen LogP contribution in [0.15, 0.2) is 59.7 Å². The normalized spacial score (nSPS) is 12.3. The Morgan fingerprint density at radius 2 is 1.80 bits per heavy atom. The number of benzene rings is 2. The fourth-order valence-electron chi connectivity index (χ4n) is 3.31. The summed E-state index contributed by atoms with van der Waals surface area (Å²) in [5, 5.41) is 4.03. The predicted molar refractivity (Wildman–Crippen MR) is 128 cm³/mol. The second-order valence-corrected chi connectivity index (χ2v) is 8.93. The van der Waals surface area contributed by atoms with E-state index in [1.165, 1.54) is 16.7 Å². The van der Waals surface area contributed by atoms with Crippen molar-refractivity contribution < 1.29 is 4.79 Å². The van der Waals surface area contributed by atoms with E-state index in [4.69, 9.17) is 0 Å². The molecule has 0 fully saturated rings. The Hall–Kier alpha value is -2.79. The number of hydrazone groups is 1. The van der Waals surface area contributed by atoms with Crippen LogP contribution in [0.4, 0.5) is 0 Å². The number of hydrogen-bond acceptors (Lipinski definition) is 3. The highest BCUT2D eigenvalue weighted by atomic mass is 32.2. The van der Waals surface area contributed by atoms with Crippen LogP contribution in [0.3, 0.4) is 0 Å². The molecule has 0 aliphatic rings. The van der Waals surface area contributed by atoms with Crippen molar-refractivity contribution in [3.63, 3.8) is 0 Å². The zero-order valence-electron chi connectivity index (χ0n) is 18.3. The number of nitrogens with zero attached hydrogens (tertiary/aromatic N) is 2. The minimum Gasteiger partial charge on any atom is -0.318 e. The number of thioether (sulfide) groups is 1. The highest BCUT2D eigenvalue weighted by molar-refractivity contribution is 7.99. The zero-order chi connectivity index (χ0) is 21.7. The highest BCUT2D eigenvalue weighted by Gasteiger charge is 2.13. The fourth-order valence-corrected chi connectivity index (χ4v) is 4.15. The molecule has 0 saturated carbocycles. The SMILES string of the molecule is Cc1ccc(-n2c(C)cc(/C=N/NC(=O)C(C)SCc3ccccc3)c2C)cc1C. The van der Waals surface area contributed by atoms with E-state index in [0.717, 1.165) is 28.4 Å². The molecule has 1 amide bonds. The van der Waals surface area contributed by atoms with Gasteiger partial charge in [-0.2, -0.15) is 5.10 Å². The quantitative estimate of drug-likeness (QED) is 0.407. The van der Waals surface area contributed by atoms with E-state index < -0.39 is 0 Å². The van der Waals surface area contributed by atoms with Crippen LogP contribution in [0.1, 0.15) is 40.6 Å². The molecule has 0 saturated heterocycles. The molecule has 1 unspecified atom stereocenters. The molecule has 0 aliphatic heterocycles. The molecule has 5 heteroatoms. The third-order valence-electron chi connectivity index (χ3n) is 5.31. The monoisotopic (exact) mass is 419 g/mol. The van der Waals surface area contributed by atoms with Crippen LogP contribution in [0.25, 0.3) is 5.69 Å². The highest BCUT2D eigenvalue weighted by Crippen LogP contribution is 2.22. The molecule has 1 aromatic heterocycles. The minimum absolute atomic E-state index is 0.0878. The fraction of sp³-hybridized carbons (Fsp3) is 0.280. The number of nitrogens with one attached hydrogen (secondary N) is 1.